The highest BCUT2D eigenvalue weighted by atomic mass is 19.1. The van der Waals surface area contributed by atoms with Gasteiger partial charge >= 0.3 is 0 Å². The fourth-order valence-corrected chi connectivity index (χ4v) is 2.42. The Morgan fingerprint density at radius 2 is 2.15 bits per heavy atom. The van der Waals surface area contributed by atoms with E-state index < -0.39 is 0 Å². The Hall–Kier alpha value is -2.34. The molecule has 20 heavy (non-hydrogen) atoms. The molecule has 0 N–H and O–H groups in total. The molecule has 0 spiro atoms. The molecule has 0 fully saturated rings. The Kier molecular flexibility index (Phi) is 3.15. The van der Waals surface area contributed by atoms with Crippen LogP contribution in [0.2, 0.25) is 0 Å². The van der Waals surface area contributed by atoms with Crippen molar-refractivity contribution in [3.8, 4) is 11.8 Å². The number of hydrogen-bond acceptors (Lipinski definition) is 1. The Morgan fingerprint density at radius 3 is 2.95 bits per heavy atom. The van der Waals surface area contributed by atoms with Crippen LogP contribution in [0.25, 0.3) is 0 Å². The van der Waals surface area contributed by atoms with Crippen LogP contribution < -0.4 is 0 Å². The molecule has 100 valence electrons. The molecule has 0 aliphatic carbocycles. The van der Waals surface area contributed by atoms with E-state index in [1.165, 1.54) is 0 Å². The van der Waals surface area contributed by atoms with Crippen LogP contribution in [0.3, 0.4) is 0 Å². The normalized spacial score (nSPS) is 13.6. The Bertz CT molecular complexity index is 746. The number of Topliss-reactive ketones (excluding diaryl/α,β-unsaturated/α-hetero) is 1. The van der Waals surface area contributed by atoms with Crippen LogP contribution in [-0.2, 0) is 6.54 Å². The van der Waals surface area contributed by atoms with E-state index in [0.717, 1.165) is 18.5 Å². The summed E-state index contributed by atoms with van der Waals surface area (Å²) in [7, 11) is 0. The van der Waals surface area contributed by atoms with Crippen molar-refractivity contribution >= 4 is 5.78 Å². The summed E-state index contributed by atoms with van der Waals surface area (Å²) in [5, 5.41) is 0. The van der Waals surface area contributed by atoms with Crippen molar-refractivity contribution in [2.45, 2.75) is 26.3 Å². The van der Waals surface area contributed by atoms with Crippen LogP contribution in [0.15, 0.2) is 30.5 Å². The van der Waals surface area contributed by atoms with E-state index in [-0.39, 0.29) is 11.6 Å². The minimum Gasteiger partial charge on any atom is -0.344 e. The molecule has 1 aromatic carbocycles. The fourth-order valence-electron chi connectivity index (χ4n) is 2.42. The molecule has 0 atom stereocenters. The van der Waals surface area contributed by atoms with Crippen molar-refractivity contribution in [2.24, 2.45) is 0 Å². The number of benzene rings is 1. The molecule has 2 heterocycles. The van der Waals surface area contributed by atoms with Gasteiger partial charge in [0.25, 0.3) is 0 Å². The van der Waals surface area contributed by atoms with Crippen molar-refractivity contribution < 1.29 is 9.18 Å². The van der Waals surface area contributed by atoms with Gasteiger partial charge in [-0.05, 0) is 31.0 Å². The molecule has 2 aromatic rings. The van der Waals surface area contributed by atoms with E-state index in [1.807, 2.05) is 10.8 Å². The van der Waals surface area contributed by atoms with Gasteiger partial charge in [0.15, 0.2) is 5.78 Å². The van der Waals surface area contributed by atoms with Crippen LogP contribution >= 0.6 is 0 Å². The van der Waals surface area contributed by atoms with Crippen LogP contribution in [-0.4, -0.2) is 10.4 Å². The van der Waals surface area contributed by atoms with E-state index in [4.69, 9.17) is 0 Å². The van der Waals surface area contributed by atoms with Gasteiger partial charge in [0, 0.05) is 24.7 Å². The van der Waals surface area contributed by atoms with Crippen LogP contribution in [0.1, 0.15) is 40.0 Å². The third-order valence-corrected chi connectivity index (χ3v) is 3.52. The Balaban J connectivity index is 1.95. The highest BCUT2D eigenvalue weighted by Gasteiger charge is 2.17. The van der Waals surface area contributed by atoms with Crippen molar-refractivity contribution in [2.75, 3.05) is 0 Å². The highest BCUT2D eigenvalue weighted by molar-refractivity contribution is 5.95. The first-order valence-electron chi connectivity index (χ1n) is 6.65. The summed E-state index contributed by atoms with van der Waals surface area (Å²) in [6, 6.07) is 6.96. The van der Waals surface area contributed by atoms with Crippen LogP contribution in [0.4, 0.5) is 4.39 Å². The van der Waals surface area contributed by atoms with Gasteiger partial charge in [-0.3, -0.25) is 4.79 Å². The summed E-state index contributed by atoms with van der Waals surface area (Å²) in [6.45, 7) is 2.57. The highest BCUT2D eigenvalue weighted by Crippen LogP contribution is 2.18. The predicted octanol–water partition coefficient (Wildman–Crippen LogP) is 3.31. The summed E-state index contributed by atoms with van der Waals surface area (Å²) in [5.41, 5.74) is 2.45. The van der Waals surface area contributed by atoms with Gasteiger partial charge in [0.1, 0.15) is 5.82 Å². The van der Waals surface area contributed by atoms with Crippen molar-refractivity contribution in [1.29, 1.82) is 0 Å². The van der Waals surface area contributed by atoms with Gasteiger partial charge in [-0.15, -0.1) is 0 Å². The zero-order valence-electron chi connectivity index (χ0n) is 11.2. The lowest BCUT2D eigenvalue weighted by molar-refractivity contribution is 0.0955. The molecule has 1 aliphatic rings. The average Bonchev–Trinajstić information content (AvgIpc) is 2.85. The quantitative estimate of drug-likeness (QED) is 0.671. The van der Waals surface area contributed by atoms with Crippen molar-refractivity contribution in [1.82, 2.24) is 4.57 Å². The molecule has 0 unspecified atom stereocenters. The zero-order valence-corrected chi connectivity index (χ0v) is 11.2. The summed E-state index contributed by atoms with van der Waals surface area (Å²) in [6.07, 6.45) is 3.34. The van der Waals surface area contributed by atoms with Crippen LogP contribution in [0.5, 0.6) is 0 Å². The third kappa shape index (κ3) is 2.25. The number of aromatic nitrogens is 1. The summed E-state index contributed by atoms with van der Waals surface area (Å²) < 4.78 is 15.8. The first kappa shape index (κ1) is 12.7. The Morgan fingerprint density at radius 1 is 1.30 bits per heavy atom. The first-order valence-corrected chi connectivity index (χ1v) is 6.65. The third-order valence-electron chi connectivity index (χ3n) is 3.52. The zero-order chi connectivity index (χ0) is 14.1. The van der Waals surface area contributed by atoms with Gasteiger partial charge in [0.05, 0.1) is 11.3 Å². The van der Waals surface area contributed by atoms with Gasteiger partial charge in [-0.1, -0.05) is 24.0 Å². The predicted molar refractivity (Wildman–Crippen MR) is 75.1 cm³/mol. The number of fused-ring (bicyclic) bond motifs is 1. The maximum absolute atomic E-state index is 13.8. The second-order valence-electron chi connectivity index (χ2n) is 5.02. The average molecular weight is 267 g/mol. The van der Waals surface area contributed by atoms with E-state index in [9.17, 15) is 9.18 Å². The lowest BCUT2D eigenvalue weighted by Crippen LogP contribution is -2.14. The fraction of sp³-hybridized carbons (Fsp3) is 0.235. The maximum atomic E-state index is 13.8. The molecule has 3 rings (SSSR count). The van der Waals surface area contributed by atoms with E-state index in [1.54, 1.807) is 31.2 Å². The van der Waals surface area contributed by atoms with Crippen LogP contribution in [0, 0.1) is 24.6 Å². The van der Waals surface area contributed by atoms with Gasteiger partial charge in [0.2, 0.25) is 0 Å². The minimum absolute atomic E-state index is 0.158. The smallest absolute Gasteiger partial charge is 0.179 e. The molecule has 0 saturated heterocycles. The molecule has 0 amide bonds. The monoisotopic (exact) mass is 267 g/mol. The maximum Gasteiger partial charge on any atom is 0.179 e. The van der Waals surface area contributed by atoms with E-state index in [0.29, 0.717) is 23.2 Å². The molecule has 2 nitrogen and oxygen atoms in total. The second-order valence-corrected chi connectivity index (χ2v) is 5.02. The van der Waals surface area contributed by atoms with E-state index in [2.05, 4.69) is 11.8 Å². The SMILES string of the molecule is Cc1cccc(C#Cc2cc3n(c2)CCCC3=O)c1F. The van der Waals surface area contributed by atoms with E-state index >= 15 is 0 Å². The number of aryl methyl sites for hydroxylation is 2. The lowest BCUT2D eigenvalue weighted by atomic mass is 10.1. The summed E-state index contributed by atoms with van der Waals surface area (Å²) in [5.74, 6) is 5.67. The molecule has 1 aliphatic heterocycles. The van der Waals surface area contributed by atoms with Crippen molar-refractivity contribution in [3.63, 3.8) is 0 Å². The molecule has 0 saturated carbocycles. The van der Waals surface area contributed by atoms with Crippen molar-refractivity contribution in [3.05, 3.63) is 58.7 Å². The molecular formula is C17H14FNO. The second kappa shape index (κ2) is 4.97. The topological polar surface area (TPSA) is 22.0 Å². The number of hydrogen-bond donors (Lipinski definition) is 0. The molecule has 0 bridgehead atoms. The number of carbonyl (C=O) groups is 1. The number of halogens is 1. The summed E-state index contributed by atoms with van der Waals surface area (Å²) in [4.78, 5) is 11.7. The molecule has 3 heteroatoms. The molecular weight excluding hydrogens is 253 g/mol. The number of nitrogens with zero attached hydrogens (tertiary/aromatic N) is 1. The summed E-state index contributed by atoms with van der Waals surface area (Å²) >= 11 is 0. The Labute approximate surface area is 117 Å². The number of ketones is 1. The van der Waals surface area contributed by atoms with Gasteiger partial charge < -0.3 is 4.57 Å². The lowest BCUT2D eigenvalue weighted by Gasteiger charge is -2.12. The standard InChI is InChI=1S/C17H14FNO/c1-12-4-2-5-14(17(12)18)8-7-13-10-15-16(20)6-3-9-19(15)11-13/h2,4-5,10-11H,3,6,9H2,1H3. The number of carbonyl (C=O) groups excluding carboxylic acids is 1. The molecule has 1 aromatic heterocycles. The minimum atomic E-state index is -0.278. The molecule has 0 radical (unpaired) electrons. The largest absolute Gasteiger partial charge is 0.344 e. The van der Waals surface area contributed by atoms with Gasteiger partial charge in [-0.2, -0.15) is 0 Å². The van der Waals surface area contributed by atoms with Gasteiger partial charge in [-0.25, -0.2) is 4.39 Å². The number of rotatable bonds is 0. The first-order chi connectivity index (χ1) is 9.65.